The maximum absolute atomic E-state index is 11.3. The van der Waals surface area contributed by atoms with Crippen LogP contribution in [-0.4, -0.2) is 40.9 Å². The Kier molecular flexibility index (Phi) is 5.42. The van der Waals surface area contributed by atoms with Crippen molar-refractivity contribution in [2.45, 2.75) is 45.8 Å². The lowest BCUT2D eigenvalue weighted by Gasteiger charge is -2.32. The average molecular weight is 397 g/mol. The molecule has 1 fully saturated rings. The van der Waals surface area contributed by atoms with Gasteiger partial charge in [0.1, 0.15) is 16.0 Å². The first-order chi connectivity index (χ1) is 11.0. The topological polar surface area (TPSA) is 80.7 Å². The summed E-state index contributed by atoms with van der Waals surface area (Å²) in [5, 5.41) is 12.8. The van der Waals surface area contributed by atoms with Crippen molar-refractivity contribution in [3.05, 3.63) is 27.9 Å². The van der Waals surface area contributed by atoms with E-state index in [1.54, 1.807) is 18.2 Å². The van der Waals surface area contributed by atoms with E-state index in [9.17, 15) is 9.90 Å². The number of aromatic nitrogens is 1. The Bertz CT molecular complexity index is 660. The van der Waals surface area contributed by atoms with Crippen molar-refractivity contribution < 1.29 is 19.2 Å². The normalized spacial score (nSPS) is 19.4. The molecule has 8 heteroatoms. The molecule has 1 aliphatic rings. The second-order valence-corrected chi connectivity index (χ2v) is 7.57. The smallest absolute Gasteiger partial charge is 0.492 e. The fraction of sp³-hybridized carbons (Fsp3) is 0.500. The van der Waals surface area contributed by atoms with Gasteiger partial charge in [0.15, 0.2) is 0 Å². The number of rotatable bonds is 4. The summed E-state index contributed by atoms with van der Waals surface area (Å²) in [5.74, 6) is -0.126. The molecule has 1 saturated heterocycles. The number of halogens is 1. The van der Waals surface area contributed by atoms with Gasteiger partial charge in [-0.05, 0) is 67.3 Å². The molecule has 1 aromatic rings. The maximum atomic E-state index is 11.3. The molecule has 0 bridgehead atoms. The molecule has 0 unspecified atom stereocenters. The van der Waals surface area contributed by atoms with Crippen LogP contribution in [0.1, 0.15) is 40.3 Å². The number of aromatic hydroxyl groups is 1. The molecule has 0 aromatic carbocycles. The highest BCUT2D eigenvalue weighted by atomic mass is 79.9. The van der Waals surface area contributed by atoms with Gasteiger partial charge < -0.3 is 19.7 Å². The molecule has 24 heavy (non-hydrogen) atoms. The monoisotopic (exact) mass is 396 g/mol. The maximum Gasteiger partial charge on any atom is 0.492 e. The number of carbonyl (C=O) groups is 1. The van der Waals surface area contributed by atoms with Crippen LogP contribution in [0.3, 0.4) is 0 Å². The van der Waals surface area contributed by atoms with Crippen molar-refractivity contribution >= 4 is 35.0 Å². The average Bonchev–Trinajstić information content (AvgIpc) is 2.66. The highest BCUT2D eigenvalue weighted by Gasteiger charge is 2.52. The highest BCUT2D eigenvalue weighted by molar-refractivity contribution is 9.10. The third-order valence-corrected chi connectivity index (χ3v) is 4.73. The molecule has 0 atom stereocenters. The standard InChI is InChI=1S/C16H22BBrN2O4/c1-10(21)19-9-11(8-12-13(22)6-7-14(18)20-12)17-23-15(2,3)16(4,5)24-17/h6-8,22H,9H2,1-5H3,(H,19,21). The van der Waals surface area contributed by atoms with E-state index < -0.39 is 18.3 Å². The molecule has 2 N–H and O–H groups in total. The van der Waals surface area contributed by atoms with Gasteiger partial charge in [0.2, 0.25) is 5.91 Å². The van der Waals surface area contributed by atoms with Gasteiger partial charge in [0.25, 0.3) is 0 Å². The van der Waals surface area contributed by atoms with Crippen molar-refractivity contribution in [1.29, 1.82) is 0 Å². The number of amides is 1. The van der Waals surface area contributed by atoms with E-state index in [4.69, 9.17) is 9.31 Å². The first kappa shape index (κ1) is 19.0. The number of hydrogen-bond donors (Lipinski definition) is 2. The molecule has 0 spiro atoms. The predicted molar refractivity (Wildman–Crippen MR) is 96.3 cm³/mol. The van der Waals surface area contributed by atoms with Crippen LogP contribution < -0.4 is 5.32 Å². The second kappa shape index (κ2) is 6.86. The third-order valence-electron chi connectivity index (χ3n) is 4.29. The predicted octanol–water partition coefficient (Wildman–Crippen LogP) is 2.70. The summed E-state index contributed by atoms with van der Waals surface area (Å²) in [6.45, 7) is 9.50. The van der Waals surface area contributed by atoms with Gasteiger partial charge in [-0.3, -0.25) is 4.79 Å². The fourth-order valence-corrected chi connectivity index (χ4v) is 2.47. The fourth-order valence-electron chi connectivity index (χ4n) is 2.15. The molecular weight excluding hydrogens is 375 g/mol. The van der Waals surface area contributed by atoms with Crippen molar-refractivity contribution in [2.75, 3.05) is 6.54 Å². The summed E-state index contributed by atoms with van der Waals surface area (Å²) < 4.78 is 12.7. The van der Waals surface area contributed by atoms with Gasteiger partial charge in [-0.15, -0.1) is 0 Å². The number of pyridine rings is 1. The summed E-state index contributed by atoms with van der Waals surface area (Å²) in [6, 6.07) is 3.19. The largest absolute Gasteiger partial charge is 0.506 e. The minimum Gasteiger partial charge on any atom is -0.506 e. The Labute approximate surface area is 150 Å². The summed E-state index contributed by atoms with van der Waals surface area (Å²) in [7, 11) is -0.637. The molecule has 0 saturated carbocycles. The summed E-state index contributed by atoms with van der Waals surface area (Å²) >= 11 is 3.28. The zero-order chi connectivity index (χ0) is 18.1. The minimum atomic E-state index is -0.637. The van der Waals surface area contributed by atoms with E-state index in [-0.39, 0.29) is 18.2 Å². The van der Waals surface area contributed by atoms with Gasteiger partial charge in [0, 0.05) is 13.5 Å². The first-order valence-corrected chi connectivity index (χ1v) is 8.47. The highest BCUT2D eigenvalue weighted by Crippen LogP contribution is 2.39. The van der Waals surface area contributed by atoms with E-state index in [2.05, 4.69) is 26.2 Å². The lowest BCUT2D eigenvalue weighted by molar-refractivity contribution is -0.118. The zero-order valence-corrected chi connectivity index (χ0v) is 16.1. The molecule has 1 aliphatic heterocycles. The van der Waals surface area contributed by atoms with E-state index in [0.29, 0.717) is 15.8 Å². The lowest BCUT2D eigenvalue weighted by atomic mass is 9.77. The number of hydrogen-bond acceptors (Lipinski definition) is 5. The van der Waals surface area contributed by atoms with E-state index in [0.717, 1.165) is 0 Å². The van der Waals surface area contributed by atoms with Gasteiger partial charge in [-0.1, -0.05) is 0 Å². The summed E-state index contributed by atoms with van der Waals surface area (Å²) in [6.07, 6.45) is 1.68. The number of nitrogens with one attached hydrogen (secondary N) is 1. The van der Waals surface area contributed by atoms with Crippen molar-refractivity contribution in [3.63, 3.8) is 0 Å². The first-order valence-electron chi connectivity index (χ1n) is 7.68. The molecule has 2 heterocycles. The Balaban J connectivity index is 2.37. The van der Waals surface area contributed by atoms with Crippen LogP contribution in [0.25, 0.3) is 6.08 Å². The van der Waals surface area contributed by atoms with Crippen LogP contribution in [0.5, 0.6) is 5.75 Å². The molecule has 0 radical (unpaired) electrons. The number of nitrogens with zero attached hydrogens (tertiary/aromatic N) is 1. The summed E-state index contributed by atoms with van der Waals surface area (Å²) in [4.78, 5) is 15.5. The van der Waals surface area contributed by atoms with E-state index in [1.165, 1.54) is 6.92 Å². The van der Waals surface area contributed by atoms with Crippen LogP contribution in [0.2, 0.25) is 0 Å². The molecule has 6 nitrogen and oxygen atoms in total. The van der Waals surface area contributed by atoms with E-state index >= 15 is 0 Å². The molecule has 1 amide bonds. The second-order valence-electron chi connectivity index (χ2n) is 6.76. The van der Waals surface area contributed by atoms with Crippen molar-refractivity contribution in [3.8, 4) is 5.75 Å². The van der Waals surface area contributed by atoms with Crippen molar-refractivity contribution in [1.82, 2.24) is 10.3 Å². The van der Waals surface area contributed by atoms with Crippen LogP contribution in [-0.2, 0) is 14.1 Å². The Morgan fingerprint density at radius 3 is 2.46 bits per heavy atom. The molecule has 1 aromatic heterocycles. The van der Waals surface area contributed by atoms with Crippen molar-refractivity contribution in [2.24, 2.45) is 0 Å². The molecule has 0 aliphatic carbocycles. The van der Waals surface area contributed by atoms with Gasteiger partial charge in [0.05, 0.1) is 11.2 Å². The molecule has 2 rings (SSSR count). The quantitative estimate of drug-likeness (QED) is 0.604. The van der Waals surface area contributed by atoms with Crippen LogP contribution in [0, 0.1) is 0 Å². The zero-order valence-electron chi connectivity index (χ0n) is 14.5. The Morgan fingerprint density at radius 2 is 1.92 bits per heavy atom. The van der Waals surface area contributed by atoms with Crippen LogP contribution in [0.4, 0.5) is 0 Å². The van der Waals surface area contributed by atoms with Gasteiger partial charge in [-0.2, -0.15) is 0 Å². The van der Waals surface area contributed by atoms with E-state index in [1.807, 2.05) is 27.7 Å². The van der Waals surface area contributed by atoms with Crippen LogP contribution in [0.15, 0.2) is 22.2 Å². The SMILES string of the molecule is CC(=O)NCC(=Cc1nc(Br)ccc1O)B1OC(C)(C)C(C)(C)O1. The molecular formula is C16H22BBrN2O4. The molecule has 130 valence electrons. The summed E-state index contributed by atoms with van der Waals surface area (Å²) in [5.41, 5.74) is 0.0450. The Hall–Kier alpha value is -1.38. The van der Waals surface area contributed by atoms with Gasteiger partial charge >= 0.3 is 7.12 Å². The number of carbonyl (C=O) groups excluding carboxylic acids is 1. The minimum absolute atomic E-state index is 0.0371. The Morgan fingerprint density at radius 1 is 1.33 bits per heavy atom. The lowest BCUT2D eigenvalue weighted by Crippen LogP contribution is -2.41. The third kappa shape index (κ3) is 4.17. The van der Waals surface area contributed by atoms with Gasteiger partial charge in [-0.25, -0.2) is 4.98 Å². The van der Waals surface area contributed by atoms with Crippen LogP contribution >= 0.6 is 15.9 Å².